The SMILES string of the molecule is COc1cc(NC(=O)c2cc(Cl)cc(N=NC(C(C)=O)C(=O)Nc3ccc(NC(=O)C(N=Nc4cc(Cl)cc(C(=O)Nc5ccc(CCl)c(OC)c5)c4)C(C)=O)c(C(C)Cl)c3)c2)ccc1CCl. The number of azo groups is 2. The van der Waals surface area contributed by atoms with Crippen LogP contribution in [0.3, 0.4) is 0 Å². The average molecular weight is 1010 g/mol. The molecule has 0 fully saturated rings. The molecule has 21 heteroatoms. The normalized spacial score (nSPS) is 12.5. The number of carbonyl (C=O) groups excluding carboxylic acids is 6. The Morgan fingerprint density at radius 3 is 1.39 bits per heavy atom. The number of rotatable bonds is 19. The van der Waals surface area contributed by atoms with E-state index in [-0.39, 0.29) is 55.7 Å². The monoisotopic (exact) mass is 1010 g/mol. The predicted molar refractivity (Wildman–Crippen MR) is 260 cm³/mol. The molecule has 4 N–H and O–H groups in total. The van der Waals surface area contributed by atoms with Gasteiger partial charge in [-0.1, -0.05) is 35.3 Å². The second-order valence-corrected chi connectivity index (χ2v) is 16.5. The van der Waals surface area contributed by atoms with Crippen molar-refractivity contribution in [3.05, 3.63) is 129 Å². The molecule has 5 aromatic carbocycles. The van der Waals surface area contributed by atoms with Gasteiger partial charge in [0.25, 0.3) is 23.6 Å². The van der Waals surface area contributed by atoms with E-state index in [1.807, 2.05) is 0 Å². The summed E-state index contributed by atoms with van der Waals surface area (Å²) in [6.07, 6.45) is 0. The van der Waals surface area contributed by atoms with Gasteiger partial charge in [0.05, 0.1) is 42.7 Å². The number of Topliss-reactive ketones (excluding diaryl/α,β-unsaturated/α-hetero) is 2. The van der Waals surface area contributed by atoms with Crippen molar-refractivity contribution >= 4 is 127 Å². The number of anilines is 4. The number of hydrogen-bond donors (Lipinski definition) is 4. The summed E-state index contributed by atoms with van der Waals surface area (Å²) >= 11 is 31.0. The molecule has 0 heterocycles. The minimum absolute atomic E-state index is 0.0811. The number of hydrogen-bond acceptors (Lipinski definition) is 12. The molecule has 3 unspecified atom stereocenters. The van der Waals surface area contributed by atoms with Crippen molar-refractivity contribution in [2.45, 2.75) is 50.0 Å². The molecule has 0 saturated heterocycles. The van der Waals surface area contributed by atoms with Gasteiger partial charge in [-0.2, -0.15) is 20.5 Å². The lowest BCUT2D eigenvalue weighted by molar-refractivity contribution is -0.127. The first-order valence-corrected chi connectivity index (χ1v) is 22.1. The van der Waals surface area contributed by atoms with Crippen molar-refractivity contribution in [3.63, 3.8) is 0 Å². The molecule has 0 aliphatic rings. The summed E-state index contributed by atoms with van der Waals surface area (Å²) in [5.41, 5.74) is 3.40. The van der Waals surface area contributed by atoms with Crippen molar-refractivity contribution in [2.24, 2.45) is 20.5 Å². The van der Waals surface area contributed by atoms with Gasteiger partial charge in [-0.25, -0.2) is 0 Å². The third kappa shape index (κ3) is 14.0. The molecule has 0 aromatic heterocycles. The van der Waals surface area contributed by atoms with Crippen molar-refractivity contribution in [1.82, 2.24) is 0 Å². The van der Waals surface area contributed by atoms with E-state index in [9.17, 15) is 28.8 Å². The number of nitrogens with zero attached hydrogens (tertiary/aromatic N) is 4. The summed E-state index contributed by atoms with van der Waals surface area (Å²) in [5, 5.41) is 26.3. The minimum Gasteiger partial charge on any atom is -0.496 e. The molecular formula is C46H41Cl5N8O8. The highest BCUT2D eigenvalue weighted by molar-refractivity contribution is 6.32. The van der Waals surface area contributed by atoms with Gasteiger partial charge in [0.15, 0.2) is 11.6 Å². The molecule has 0 saturated carbocycles. The molecule has 348 valence electrons. The summed E-state index contributed by atoms with van der Waals surface area (Å²) in [7, 11) is 2.96. The van der Waals surface area contributed by atoms with E-state index in [1.54, 1.807) is 43.3 Å². The van der Waals surface area contributed by atoms with Gasteiger partial charge in [0.2, 0.25) is 12.1 Å². The van der Waals surface area contributed by atoms with Crippen molar-refractivity contribution in [2.75, 3.05) is 35.5 Å². The molecule has 0 bridgehead atoms. The zero-order chi connectivity index (χ0) is 48.9. The number of ether oxygens (including phenoxy) is 2. The molecule has 0 aliphatic heterocycles. The average Bonchev–Trinajstić information content (AvgIpc) is 3.28. The third-order valence-corrected chi connectivity index (χ3v) is 10.8. The molecule has 4 amide bonds. The fraction of sp³-hybridized carbons (Fsp3) is 0.217. The topological polar surface area (TPSA) is 218 Å². The Morgan fingerprint density at radius 1 is 0.567 bits per heavy atom. The molecule has 0 spiro atoms. The number of nitrogens with one attached hydrogen (secondary N) is 4. The van der Waals surface area contributed by atoms with Gasteiger partial charge in [-0.3, -0.25) is 28.8 Å². The molecule has 5 aromatic rings. The van der Waals surface area contributed by atoms with Crippen LogP contribution >= 0.6 is 58.0 Å². The molecule has 5 rings (SSSR count). The molecule has 16 nitrogen and oxygen atoms in total. The van der Waals surface area contributed by atoms with E-state index < -0.39 is 52.7 Å². The summed E-state index contributed by atoms with van der Waals surface area (Å²) in [6.45, 7) is 3.92. The third-order valence-electron chi connectivity index (χ3n) is 9.52. The van der Waals surface area contributed by atoms with Crippen molar-refractivity contribution < 1.29 is 38.2 Å². The van der Waals surface area contributed by atoms with Gasteiger partial charge in [-0.05, 0) is 93.1 Å². The maximum atomic E-state index is 13.5. The van der Waals surface area contributed by atoms with Crippen molar-refractivity contribution in [1.29, 1.82) is 0 Å². The van der Waals surface area contributed by atoms with E-state index in [2.05, 4.69) is 41.7 Å². The molecule has 67 heavy (non-hydrogen) atoms. The van der Waals surface area contributed by atoms with Crippen LogP contribution in [-0.4, -0.2) is 61.5 Å². The Morgan fingerprint density at radius 2 is 0.985 bits per heavy atom. The highest BCUT2D eigenvalue weighted by Crippen LogP contribution is 2.32. The van der Waals surface area contributed by atoms with E-state index in [4.69, 9.17) is 67.5 Å². The van der Waals surface area contributed by atoms with Gasteiger partial charge in [0.1, 0.15) is 11.5 Å². The van der Waals surface area contributed by atoms with Gasteiger partial charge in [0, 0.05) is 67.2 Å². The fourth-order valence-corrected chi connectivity index (χ4v) is 7.26. The van der Waals surface area contributed by atoms with E-state index in [1.165, 1.54) is 68.8 Å². The van der Waals surface area contributed by atoms with Gasteiger partial charge in [-0.15, -0.1) is 34.8 Å². The first-order valence-electron chi connectivity index (χ1n) is 19.8. The van der Waals surface area contributed by atoms with Crippen LogP contribution in [0.25, 0.3) is 0 Å². The van der Waals surface area contributed by atoms with Crippen LogP contribution in [0.4, 0.5) is 34.1 Å². The van der Waals surface area contributed by atoms with E-state index in [0.29, 0.717) is 28.4 Å². The quantitative estimate of drug-likeness (QED) is 0.0353. The Bertz CT molecular complexity index is 2790. The number of carbonyl (C=O) groups is 6. The summed E-state index contributed by atoms with van der Waals surface area (Å²) in [4.78, 5) is 78.6. The Labute approximate surface area is 409 Å². The molecular weight excluding hydrogens is 970 g/mol. The highest BCUT2D eigenvalue weighted by Gasteiger charge is 2.27. The smallest absolute Gasteiger partial charge is 0.258 e. The number of methoxy groups -OCH3 is 2. The van der Waals surface area contributed by atoms with Crippen LogP contribution in [0.2, 0.25) is 10.0 Å². The summed E-state index contributed by atoms with van der Waals surface area (Å²) in [5.74, 6) is -2.69. The zero-order valence-electron chi connectivity index (χ0n) is 36.3. The lowest BCUT2D eigenvalue weighted by Gasteiger charge is -2.17. The largest absolute Gasteiger partial charge is 0.496 e. The number of amides is 4. The van der Waals surface area contributed by atoms with Crippen LogP contribution in [0.15, 0.2) is 111 Å². The zero-order valence-corrected chi connectivity index (χ0v) is 40.0. The van der Waals surface area contributed by atoms with Crippen LogP contribution in [-0.2, 0) is 30.9 Å². The Kier molecular flexibility index (Phi) is 18.3. The van der Waals surface area contributed by atoms with Crippen LogP contribution in [0.1, 0.15) is 63.6 Å². The van der Waals surface area contributed by atoms with Crippen molar-refractivity contribution in [3.8, 4) is 11.5 Å². The number of alkyl halides is 3. The minimum atomic E-state index is -1.63. The molecule has 0 aliphatic carbocycles. The number of ketones is 2. The number of halogens is 5. The Hall–Kier alpha value is -6.43. The van der Waals surface area contributed by atoms with Crippen LogP contribution in [0, 0.1) is 0 Å². The van der Waals surface area contributed by atoms with Gasteiger partial charge >= 0.3 is 0 Å². The van der Waals surface area contributed by atoms with Crippen LogP contribution < -0.4 is 30.7 Å². The van der Waals surface area contributed by atoms with Crippen LogP contribution in [0.5, 0.6) is 11.5 Å². The lowest BCUT2D eigenvalue weighted by atomic mass is 10.1. The number of benzene rings is 5. The maximum Gasteiger partial charge on any atom is 0.258 e. The second-order valence-electron chi connectivity index (χ2n) is 14.5. The highest BCUT2D eigenvalue weighted by atomic mass is 35.5. The fourth-order valence-electron chi connectivity index (χ4n) is 6.18. The first kappa shape index (κ1) is 51.6. The maximum absolute atomic E-state index is 13.5. The first-order chi connectivity index (χ1) is 31.9. The summed E-state index contributed by atoms with van der Waals surface area (Å²) in [6, 6.07) is 19.4. The molecule has 0 radical (unpaired) electrons. The van der Waals surface area contributed by atoms with Gasteiger partial charge < -0.3 is 30.7 Å². The lowest BCUT2D eigenvalue weighted by Crippen LogP contribution is -2.32. The van der Waals surface area contributed by atoms with E-state index in [0.717, 1.165) is 25.0 Å². The summed E-state index contributed by atoms with van der Waals surface area (Å²) < 4.78 is 10.7. The predicted octanol–water partition coefficient (Wildman–Crippen LogP) is 11.7. The standard InChI is InChI=1S/C46H41Cl5N8O8/c1-23(49)37-18-32(54-45(64)41(24(2)60)58-56-35-14-28(12-30(50)16-35)43(62)52-33-8-6-26(21-47)39(19-33)66-4)10-11-38(37)55-46(65)42(25(3)61)59-57-36-15-29(13-31(51)17-36)44(63)53-34-9-7-27(22-48)40(20-34)67-5/h6-20,23,41-42H,21-22H2,1-5H3,(H,52,62)(H,53,63)(H,54,64)(H,55,65). The Balaban J connectivity index is 1.27. The molecule has 3 atom stereocenters. The second kappa shape index (κ2) is 23.8. The van der Waals surface area contributed by atoms with E-state index >= 15 is 0 Å².